The zero-order valence-electron chi connectivity index (χ0n) is 16.2. The van der Waals surface area contributed by atoms with Gasteiger partial charge in [-0.1, -0.05) is 36.4 Å². The highest BCUT2D eigenvalue weighted by Gasteiger charge is 2.18. The van der Waals surface area contributed by atoms with Crippen molar-refractivity contribution in [2.75, 3.05) is 23.9 Å². The molecule has 0 saturated carbocycles. The van der Waals surface area contributed by atoms with E-state index in [0.29, 0.717) is 17.0 Å². The molecule has 3 aromatic rings. The minimum atomic E-state index is -0.137. The molecule has 1 aliphatic heterocycles. The number of aryl methyl sites for hydroxylation is 1. The molecule has 0 aliphatic carbocycles. The summed E-state index contributed by atoms with van der Waals surface area (Å²) in [6.07, 6.45) is 1.09. The molecule has 4 rings (SSSR count). The van der Waals surface area contributed by atoms with E-state index in [1.807, 2.05) is 49.4 Å². The summed E-state index contributed by atoms with van der Waals surface area (Å²) >= 11 is 0. The topological polar surface area (TPSA) is 41.6 Å². The molecule has 0 fully saturated rings. The molecule has 0 aromatic heterocycles. The number of anilines is 2. The predicted molar refractivity (Wildman–Crippen MR) is 113 cm³/mol. The average molecular weight is 372 g/mol. The standard InChI is InChI=1S/C24H24N2O2/c1-17-7-12-23(28-2)21(15-17)25-24(27)20-10-8-18(9-11-20)16-26-14-13-19-5-3-4-6-22(19)26/h3-12,15H,13-14,16H2,1-2H3,(H,25,27). The lowest BCUT2D eigenvalue weighted by Gasteiger charge is -2.19. The number of nitrogens with one attached hydrogen (secondary N) is 1. The number of nitrogens with zero attached hydrogens (tertiary/aromatic N) is 1. The van der Waals surface area contributed by atoms with Gasteiger partial charge in [-0.2, -0.15) is 0 Å². The van der Waals surface area contributed by atoms with Gasteiger partial charge in [-0.3, -0.25) is 4.79 Å². The molecule has 0 bridgehead atoms. The van der Waals surface area contributed by atoms with Gasteiger partial charge in [0, 0.05) is 24.3 Å². The van der Waals surface area contributed by atoms with Gasteiger partial charge < -0.3 is 15.0 Å². The Hall–Kier alpha value is -3.27. The highest BCUT2D eigenvalue weighted by Crippen LogP contribution is 2.29. The van der Waals surface area contributed by atoms with E-state index in [4.69, 9.17) is 4.74 Å². The molecular formula is C24H24N2O2. The van der Waals surface area contributed by atoms with Gasteiger partial charge in [-0.15, -0.1) is 0 Å². The van der Waals surface area contributed by atoms with Crippen LogP contribution < -0.4 is 15.0 Å². The average Bonchev–Trinajstić information content (AvgIpc) is 3.12. The van der Waals surface area contributed by atoms with Crippen molar-refractivity contribution in [3.05, 3.63) is 89.0 Å². The first kappa shape index (κ1) is 18.1. The van der Waals surface area contributed by atoms with E-state index < -0.39 is 0 Å². The normalized spacial score (nSPS) is 12.6. The van der Waals surface area contributed by atoms with Crippen molar-refractivity contribution in [3.63, 3.8) is 0 Å². The van der Waals surface area contributed by atoms with E-state index in [2.05, 4.69) is 34.5 Å². The number of hydrogen-bond donors (Lipinski definition) is 1. The van der Waals surface area contributed by atoms with Crippen LogP contribution in [0.5, 0.6) is 5.75 Å². The molecule has 0 unspecified atom stereocenters. The van der Waals surface area contributed by atoms with Gasteiger partial charge in [0.15, 0.2) is 0 Å². The molecule has 4 nitrogen and oxygen atoms in total. The predicted octanol–water partition coefficient (Wildman–Crippen LogP) is 4.82. The van der Waals surface area contributed by atoms with Crippen LogP contribution in [0.2, 0.25) is 0 Å². The Morgan fingerprint density at radius 2 is 1.86 bits per heavy atom. The fourth-order valence-corrected chi connectivity index (χ4v) is 3.67. The maximum Gasteiger partial charge on any atom is 0.255 e. The number of carbonyl (C=O) groups is 1. The zero-order chi connectivity index (χ0) is 19.5. The van der Waals surface area contributed by atoms with E-state index in [1.54, 1.807) is 7.11 Å². The minimum Gasteiger partial charge on any atom is -0.495 e. The Kier molecular flexibility index (Phi) is 5.02. The lowest BCUT2D eigenvalue weighted by atomic mass is 10.1. The SMILES string of the molecule is COc1ccc(C)cc1NC(=O)c1ccc(CN2CCc3ccccc32)cc1. The van der Waals surface area contributed by atoms with Crippen molar-refractivity contribution in [1.29, 1.82) is 0 Å². The first-order valence-corrected chi connectivity index (χ1v) is 9.52. The van der Waals surface area contributed by atoms with Gasteiger partial charge >= 0.3 is 0 Å². The Balaban J connectivity index is 1.45. The maximum absolute atomic E-state index is 12.6. The van der Waals surface area contributed by atoms with E-state index in [0.717, 1.165) is 25.1 Å². The second-order valence-electron chi connectivity index (χ2n) is 7.16. The quantitative estimate of drug-likeness (QED) is 0.698. The van der Waals surface area contributed by atoms with E-state index >= 15 is 0 Å². The van der Waals surface area contributed by atoms with Crippen LogP contribution in [0.15, 0.2) is 66.7 Å². The third kappa shape index (κ3) is 3.72. The number of amides is 1. The Bertz CT molecular complexity index is 996. The molecule has 28 heavy (non-hydrogen) atoms. The number of hydrogen-bond acceptors (Lipinski definition) is 3. The Morgan fingerprint density at radius 3 is 2.64 bits per heavy atom. The summed E-state index contributed by atoms with van der Waals surface area (Å²) in [5.41, 5.74) is 6.31. The molecule has 142 valence electrons. The van der Waals surface area contributed by atoms with E-state index in [1.165, 1.54) is 16.8 Å². The third-order valence-corrected chi connectivity index (χ3v) is 5.18. The van der Waals surface area contributed by atoms with Crippen molar-refractivity contribution >= 4 is 17.3 Å². The summed E-state index contributed by atoms with van der Waals surface area (Å²) in [4.78, 5) is 15.0. The smallest absolute Gasteiger partial charge is 0.255 e. The van der Waals surface area contributed by atoms with E-state index in [9.17, 15) is 4.79 Å². The fourth-order valence-electron chi connectivity index (χ4n) is 3.67. The number of benzene rings is 3. The molecule has 1 N–H and O–H groups in total. The molecule has 1 amide bonds. The number of rotatable bonds is 5. The first-order chi connectivity index (χ1) is 13.6. The molecule has 0 atom stereocenters. The highest BCUT2D eigenvalue weighted by atomic mass is 16.5. The highest BCUT2D eigenvalue weighted by molar-refractivity contribution is 6.05. The molecule has 0 spiro atoms. The van der Waals surface area contributed by atoms with Crippen LogP contribution >= 0.6 is 0 Å². The van der Waals surface area contributed by atoms with Crippen molar-refractivity contribution in [2.24, 2.45) is 0 Å². The van der Waals surface area contributed by atoms with Gasteiger partial charge in [0.05, 0.1) is 12.8 Å². The van der Waals surface area contributed by atoms with Crippen molar-refractivity contribution < 1.29 is 9.53 Å². The molecule has 1 heterocycles. The van der Waals surface area contributed by atoms with Crippen molar-refractivity contribution in [2.45, 2.75) is 19.9 Å². The van der Waals surface area contributed by atoms with Gasteiger partial charge in [0.25, 0.3) is 5.91 Å². The van der Waals surface area contributed by atoms with Gasteiger partial charge in [0.1, 0.15) is 5.75 Å². The Morgan fingerprint density at radius 1 is 1.07 bits per heavy atom. The van der Waals surface area contributed by atoms with Crippen molar-refractivity contribution in [3.8, 4) is 5.75 Å². The largest absolute Gasteiger partial charge is 0.495 e. The fraction of sp³-hybridized carbons (Fsp3) is 0.208. The molecule has 0 saturated heterocycles. The Labute approximate surface area is 165 Å². The summed E-state index contributed by atoms with van der Waals surface area (Å²) in [6, 6.07) is 22.1. The van der Waals surface area contributed by atoms with Crippen LogP contribution in [0.3, 0.4) is 0 Å². The monoisotopic (exact) mass is 372 g/mol. The zero-order valence-corrected chi connectivity index (χ0v) is 16.2. The molecule has 1 aliphatic rings. The maximum atomic E-state index is 12.6. The number of carbonyl (C=O) groups excluding carboxylic acids is 1. The third-order valence-electron chi connectivity index (χ3n) is 5.18. The minimum absolute atomic E-state index is 0.137. The lowest BCUT2D eigenvalue weighted by Crippen LogP contribution is -2.19. The number of fused-ring (bicyclic) bond motifs is 1. The van der Waals surface area contributed by atoms with Crippen LogP contribution in [0.1, 0.15) is 27.0 Å². The summed E-state index contributed by atoms with van der Waals surface area (Å²) in [5, 5.41) is 2.95. The van der Waals surface area contributed by atoms with Crippen LogP contribution in [-0.4, -0.2) is 19.6 Å². The van der Waals surface area contributed by atoms with Crippen LogP contribution in [0, 0.1) is 6.92 Å². The second kappa shape index (κ2) is 7.77. The van der Waals surface area contributed by atoms with Crippen LogP contribution in [0.4, 0.5) is 11.4 Å². The lowest BCUT2D eigenvalue weighted by molar-refractivity contribution is 0.102. The number of ether oxygens (including phenoxy) is 1. The summed E-state index contributed by atoms with van der Waals surface area (Å²) in [6.45, 7) is 3.87. The van der Waals surface area contributed by atoms with Crippen LogP contribution in [-0.2, 0) is 13.0 Å². The van der Waals surface area contributed by atoms with Gasteiger partial charge in [0.2, 0.25) is 0 Å². The van der Waals surface area contributed by atoms with Crippen molar-refractivity contribution in [1.82, 2.24) is 0 Å². The number of para-hydroxylation sites is 1. The van der Waals surface area contributed by atoms with Crippen LogP contribution in [0.25, 0.3) is 0 Å². The molecule has 3 aromatic carbocycles. The van der Waals surface area contributed by atoms with E-state index in [-0.39, 0.29) is 5.91 Å². The second-order valence-corrected chi connectivity index (χ2v) is 7.16. The summed E-state index contributed by atoms with van der Waals surface area (Å²) < 4.78 is 5.34. The molecule has 4 heteroatoms. The van der Waals surface area contributed by atoms with Gasteiger partial charge in [-0.05, 0) is 60.4 Å². The first-order valence-electron chi connectivity index (χ1n) is 9.52. The van der Waals surface area contributed by atoms with Gasteiger partial charge in [-0.25, -0.2) is 0 Å². The molecular weight excluding hydrogens is 348 g/mol. The summed E-state index contributed by atoms with van der Waals surface area (Å²) in [7, 11) is 1.60. The number of methoxy groups -OCH3 is 1. The molecule has 0 radical (unpaired) electrons. The summed E-state index contributed by atoms with van der Waals surface area (Å²) in [5.74, 6) is 0.519.